The van der Waals surface area contributed by atoms with E-state index in [-0.39, 0.29) is 0 Å². The molecular formula is C12H14N2. The Balaban J connectivity index is 2.24. The van der Waals surface area contributed by atoms with Gasteiger partial charge in [0.1, 0.15) is 0 Å². The summed E-state index contributed by atoms with van der Waals surface area (Å²) >= 11 is 0. The lowest BCUT2D eigenvalue weighted by Crippen LogP contribution is -2.13. The molecule has 0 aromatic heterocycles. The monoisotopic (exact) mass is 186 g/mol. The van der Waals surface area contributed by atoms with Gasteiger partial charge in [0.05, 0.1) is 0 Å². The van der Waals surface area contributed by atoms with Crippen LogP contribution in [0.3, 0.4) is 0 Å². The minimum atomic E-state index is 0.811. The predicted molar refractivity (Wildman–Crippen MR) is 60.6 cm³/mol. The van der Waals surface area contributed by atoms with Gasteiger partial charge in [-0.2, -0.15) is 0 Å². The summed E-state index contributed by atoms with van der Waals surface area (Å²) < 4.78 is 0. The van der Waals surface area contributed by atoms with Crippen LogP contribution in [0.2, 0.25) is 0 Å². The molecule has 0 atom stereocenters. The van der Waals surface area contributed by atoms with Crippen molar-refractivity contribution >= 4 is 11.3 Å². The quantitative estimate of drug-likeness (QED) is 0.681. The molecule has 0 fully saturated rings. The normalized spacial score (nSPS) is 15.5. The number of hydrogen-bond acceptors (Lipinski definition) is 2. The van der Waals surface area contributed by atoms with Gasteiger partial charge in [-0.1, -0.05) is 18.2 Å². The molecule has 14 heavy (non-hydrogen) atoms. The Kier molecular flexibility index (Phi) is 2.27. The maximum Gasteiger partial charge on any atom is 0.0359 e. The van der Waals surface area contributed by atoms with Crippen LogP contribution in [0.5, 0.6) is 0 Å². The molecule has 0 bridgehead atoms. The zero-order valence-electron chi connectivity index (χ0n) is 8.27. The third-order valence-electron chi connectivity index (χ3n) is 2.35. The van der Waals surface area contributed by atoms with Gasteiger partial charge in [0.15, 0.2) is 0 Å². The third-order valence-corrected chi connectivity index (χ3v) is 2.35. The van der Waals surface area contributed by atoms with Gasteiger partial charge in [0.25, 0.3) is 0 Å². The first-order valence-corrected chi connectivity index (χ1v) is 4.70. The largest absolute Gasteiger partial charge is 0.399 e. The molecule has 1 heterocycles. The Morgan fingerprint density at radius 3 is 2.50 bits per heavy atom. The summed E-state index contributed by atoms with van der Waals surface area (Å²) in [6.07, 6.45) is 6.42. The van der Waals surface area contributed by atoms with Gasteiger partial charge in [-0.05, 0) is 35.5 Å². The predicted octanol–water partition coefficient (Wildman–Crippen LogP) is 2.11. The fraction of sp³-hybridized carbons (Fsp3) is 0.167. The van der Waals surface area contributed by atoms with Crippen molar-refractivity contribution in [3.05, 3.63) is 48.2 Å². The van der Waals surface area contributed by atoms with Gasteiger partial charge in [0.2, 0.25) is 0 Å². The van der Waals surface area contributed by atoms with Crippen LogP contribution in [0.4, 0.5) is 5.69 Å². The van der Waals surface area contributed by atoms with Crippen LogP contribution in [-0.2, 0) is 0 Å². The number of nitrogens with zero attached hydrogens (tertiary/aromatic N) is 1. The van der Waals surface area contributed by atoms with Crippen molar-refractivity contribution < 1.29 is 0 Å². The van der Waals surface area contributed by atoms with E-state index in [0.717, 1.165) is 12.2 Å². The van der Waals surface area contributed by atoms with Gasteiger partial charge in [0, 0.05) is 19.3 Å². The smallest absolute Gasteiger partial charge is 0.0359 e. The van der Waals surface area contributed by atoms with Crippen LogP contribution >= 0.6 is 0 Å². The number of allylic oxidation sites excluding steroid dienone is 2. The van der Waals surface area contributed by atoms with Gasteiger partial charge < -0.3 is 10.6 Å². The van der Waals surface area contributed by atoms with Gasteiger partial charge >= 0.3 is 0 Å². The first-order valence-electron chi connectivity index (χ1n) is 4.70. The lowest BCUT2D eigenvalue weighted by molar-refractivity contribution is 0.506. The van der Waals surface area contributed by atoms with E-state index in [4.69, 9.17) is 5.73 Å². The molecule has 72 valence electrons. The first kappa shape index (κ1) is 8.88. The zero-order valence-corrected chi connectivity index (χ0v) is 8.27. The van der Waals surface area contributed by atoms with Crippen molar-refractivity contribution in [1.29, 1.82) is 0 Å². The summed E-state index contributed by atoms with van der Waals surface area (Å²) in [5.41, 5.74) is 8.94. The molecule has 0 saturated heterocycles. The summed E-state index contributed by atoms with van der Waals surface area (Å²) in [4.78, 5) is 2.14. The van der Waals surface area contributed by atoms with Crippen molar-refractivity contribution in [2.75, 3.05) is 19.3 Å². The van der Waals surface area contributed by atoms with Crippen LogP contribution in [0.15, 0.2) is 42.6 Å². The molecule has 2 N–H and O–H groups in total. The molecule has 1 aromatic carbocycles. The van der Waals surface area contributed by atoms with Crippen molar-refractivity contribution in [2.24, 2.45) is 0 Å². The third kappa shape index (κ3) is 1.79. The van der Waals surface area contributed by atoms with E-state index >= 15 is 0 Å². The van der Waals surface area contributed by atoms with E-state index in [1.54, 1.807) is 0 Å². The average molecular weight is 186 g/mol. The molecule has 0 aliphatic carbocycles. The standard InChI is InChI=1S/C12H14N2/c1-14-8-6-11(7-9-14)10-2-4-12(13)5-3-10/h2-8H,9,13H2,1H3. The molecule has 0 saturated carbocycles. The number of hydrogen-bond donors (Lipinski definition) is 1. The molecule has 0 spiro atoms. The minimum Gasteiger partial charge on any atom is -0.399 e. The lowest BCUT2D eigenvalue weighted by atomic mass is 10.0. The molecule has 1 aliphatic rings. The Bertz CT molecular complexity index is 374. The topological polar surface area (TPSA) is 29.3 Å². The number of rotatable bonds is 1. The second-order valence-corrected chi connectivity index (χ2v) is 3.54. The van der Waals surface area contributed by atoms with Crippen molar-refractivity contribution in [3.63, 3.8) is 0 Å². The number of nitrogen functional groups attached to an aromatic ring is 1. The first-order chi connectivity index (χ1) is 6.75. The second kappa shape index (κ2) is 3.58. The van der Waals surface area contributed by atoms with Crippen LogP contribution in [0.1, 0.15) is 5.56 Å². The fourth-order valence-corrected chi connectivity index (χ4v) is 1.47. The van der Waals surface area contributed by atoms with E-state index in [2.05, 4.69) is 42.4 Å². The van der Waals surface area contributed by atoms with Crippen LogP contribution < -0.4 is 5.73 Å². The van der Waals surface area contributed by atoms with Crippen molar-refractivity contribution in [3.8, 4) is 0 Å². The number of anilines is 1. The van der Waals surface area contributed by atoms with E-state index in [1.807, 2.05) is 12.1 Å². The molecular weight excluding hydrogens is 172 g/mol. The Hall–Kier alpha value is -1.70. The van der Waals surface area contributed by atoms with Crippen molar-refractivity contribution in [1.82, 2.24) is 4.90 Å². The molecule has 2 heteroatoms. The maximum atomic E-state index is 5.63. The fourth-order valence-electron chi connectivity index (χ4n) is 1.47. The maximum absolute atomic E-state index is 5.63. The Labute approximate surface area is 84.3 Å². The molecule has 1 aromatic rings. The zero-order chi connectivity index (χ0) is 9.97. The van der Waals surface area contributed by atoms with E-state index in [9.17, 15) is 0 Å². The number of nitrogens with two attached hydrogens (primary N) is 1. The molecule has 0 amide bonds. The van der Waals surface area contributed by atoms with Crippen LogP contribution in [0.25, 0.3) is 5.57 Å². The number of likely N-dealkylation sites (N-methyl/N-ethyl adjacent to an activating group) is 1. The second-order valence-electron chi connectivity index (χ2n) is 3.54. The van der Waals surface area contributed by atoms with Crippen LogP contribution in [-0.4, -0.2) is 18.5 Å². The highest BCUT2D eigenvalue weighted by atomic mass is 15.1. The van der Waals surface area contributed by atoms with Crippen LogP contribution in [0, 0.1) is 0 Å². The van der Waals surface area contributed by atoms with Crippen molar-refractivity contribution in [2.45, 2.75) is 0 Å². The molecule has 2 rings (SSSR count). The average Bonchev–Trinajstić information content (AvgIpc) is 2.21. The minimum absolute atomic E-state index is 0.811. The highest BCUT2D eigenvalue weighted by Gasteiger charge is 2.02. The van der Waals surface area contributed by atoms with E-state index < -0.39 is 0 Å². The summed E-state index contributed by atoms with van der Waals surface area (Å²) in [7, 11) is 2.06. The number of benzene rings is 1. The molecule has 0 radical (unpaired) electrons. The van der Waals surface area contributed by atoms with Gasteiger partial charge in [-0.3, -0.25) is 0 Å². The Morgan fingerprint density at radius 2 is 1.93 bits per heavy atom. The lowest BCUT2D eigenvalue weighted by Gasteiger charge is -2.17. The van der Waals surface area contributed by atoms with Gasteiger partial charge in [-0.15, -0.1) is 0 Å². The van der Waals surface area contributed by atoms with E-state index in [0.29, 0.717) is 0 Å². The molecule has 2 nitrogen and oxygen atoms in total. The van der Waals surface area contributed by atoms with E-state index in [1.165, 1.54) is 11.1 Å². The molecule has 1 aliphatic heterocycles. The van der Waals surface area contributed by atoms with Gasteiger partial charge in [-0.25, -0.2) is 0 Å². The summed E-state index contributed by atoms with van der Waals surface area (Å²) in [6.45, 7) is 0.968. The molecule has 0 unspecified atom stereocenters. The summed E-state index contributed by atoms with van der Waals surface area (Å²) in [6, 6.07) is 7.97. The highest BCUT2D eigenvalue weighted by molar-refractivity contribution is 5.75. The Morgan fingerprint density at radius 1 is 1.21 bits per heavy atom. The highest BCUT2D eigenvalue weighted by Crippen LogP contribution is 2.19. The summed E-state index contributed by atoms with van der Waals surface area (Å²) in [5.74, 6) is 0. The summed E-state index contributed by atoms with van der Waals surface area (Å²) in [5, 5.41) is 0. The SMILES string of the molecule is CN1C=CC(c2ccc(N)cc2)=CC1.